The second-order valence-electron chi connectivity index (χ2n) is 6.49. The quantitative estimate of drug-likeness (QED) is 0.472. The van der Waals surface area contributed by atoms with Crippen LogP contribution in [0.1, 0.15) is 32.8 Å². The zero-order valence-electron chi connectivity index (χ0n) is 15.6. The van der Waals surface area contributed by atoms with Crippen molar-refractivity contribution in [3.8, 4) is 0 Å². The molecule has 0 aliphatic heterocycles. The van der Waals surface area contributed by atoms with Gasteiger partial charge in [-0.3, -0.25) is 5.32 Å². The van der Waals surface area contributed by atoms with Crippen molar-refractivity contribution in [2.75, 3.05) is 17.7 Å². The molecule has 3 aromatic rings. The van der Waals surface area contributed by atoms with E-state index in [2.05, 4.69) is 20.7 Å². The third-order valence-electron chi connectivity index (χ3n) is 4.59. The Bertz CT molecular complexity index is 1080. The van der Waals surface area contributed by atoms with E-state index in [0.29, 0.717) is 16.1 Å². The molecule has 2 heterocycles. The summed E-state index contributed by atoms with van der Waals surface area (Å²) in [5, 5.41) is 11.1. The molecule has 4 rings (SSSR count). The number of methoxy groups -OCH3 is 1. The lowest BCUT2D eigenvalue weighted by atomic mass is 10.1. The number of aromatic nitrogens is 3. The lowest BCUT2D eigenvalue weighted by molar-refractivity contribution is 0.0601. The van der Waals surface area contributed by atoms with Crippen LogP contribution in [0.3, 0.4) is 0 Å². The van der Waals surface area contributed by atoms with Gasteiger partial charge >= 0.3 is 5.97 Å². The standard InChI is InChI=1S/C19H18FN5O2S2/c1-27-17(26)15-12-6-4-8-14(12)29-16(15)22-19(28)23-18-21-10-25(24-18)9-11-5-2-3-7-13(11)20/h2-3,5,7,10H,4,6,8-9H2,1H3,(H2,22,23,24,28). The van der Waals surface area contributed by atoms with Crippen LogP contribution in [0.5, 0.6) is 0 Å². The van der Waals surface area contributed by atoms with Crippen molar-refractivity contribution in [2.24, 2.45) is 0 Å². The fourth-order valence-corrected chi connectivity index (χ4v) is 4.82. The van der Waals surface area contributed by atoms with E-state index in [-0.39, 0.29) is 29.4 Å². The molecule has 0 bridgehead atoms. The molecule has 1 aromatic carbocycles. The molecule has 0 spiro atoms. The molecule has 0 saturated carbocycles. The van der Waals surface area contributed by atoms with Crippen LogP contribution in [-0.2, 0) is 24.1 Å². The Labute approximate surface area is 175 Å². The molecular weight excluding hydrogens is 413 g/mol. The van der Waals surface area contributed by atoms with Gasteiger partial charge in [-0.2, -0.15) is 0 Å². The Kier molecular flexibility index (Phi) is 5.54. The number of fused-ring (bicyclic) bond motifs is 1. The van der Waals surface area contributed by atoms with E-state index in [1.165, 1.54) is 40.4 Å². The highest BCUT2D eigenvalue weighted by molar-refractivity contribution is 7.80. The largest absolute Gasteiger partial charge is 0.465 e. The van der Waals surface area contributed by atoms with Gasteiger partial charge in [0.2, 0.25) is 5.95 Å². The number of thiocarbonyl (C=S) groups is 1. The van der Waals surface area contributed by atoms with Gasteiger partial charge < -0.3 is 10.1 Å². The molecule has 0 unspecified atom stereocenters. The first-order valence-corrected chi connectivity index (χ1v) is 10.2. The summed E-state index contributed by atoms with van der Waals surface area (Å²) >= 11 is 6.86. The topological polar surface area (TPSA) is 81.1 Å². The second kappa shape index (κ2) is 8.26. The number of esters is 1. The summed E-state index contributed by atoms with van der Waals surface area (Å²) in [6, 6.07) is 6.51. The fraction of sp³-hybridized carbons (Fsp3) is 0.263. The number of anilines is 2. The number of carbonyl (C=O) groups is 1. The van der Waals surface area contributed by atoms with Gasteiger partial charge in [-0.05, 0) is 43.1 Å². The van der Waals surface area contributed by atoms with Crippen LogP contribution < -0.4 is 10.6 Å². The van der Waals surface area contributed by atoms with E-state index in [0.717, 1.165) is 24.8 Å². The number of thiophene rings is 1. The summed E-state index contributed by atoms with van der Waals surface area (Å²) in [6.07, 6.45) is 4.35. The van der Waals surface area contributed by atoms with E-state index in [1.807, 2.05) is 0 Å². The van der Waals surface area contributed by atoms with Crippen molar-refractivity contribution in [2.45, 2.75) is 25.8 Å². The number of hydrogen-bond acceptors (Lipinski definition) is 6. The first kappa shape index (κ1) is 19.5. The van der Waals surface area contributed by atoms with Crippen LogP contribution in [0.2, 0.25) is 0 Å². The molecule has 0 saturated heterocycles. The Balaban J connectivity index is 1.44. The normalized spacial score (nSPS) is 12.5. The van der Waals surface area contributed by atoms with E-state index < -0.39 is 0 Å². The van der Waals surface area contributed by atoms with Crippen LogP contribution in [0, 0.1) is 5.82 Å². The smallest absolute Gasteiger partial charge is 0.341 e. The monoisotopic (exact) mass is 431 g/mol. The fourth-order valence-electron chi connectivity index (χ4n) is 3.28. The minimum absolute atomic E-state index is 0.256. The average Bonchev–Trinajstić information content (AvgIpc) is 3.39. The molecule has 29 heavy (non-hydrogen) atoms. The van der Waals surface area contributed by atoms with Gasteiger partial charge in [0.15, 0.2) is 5.11 Å². The number of nitrogens with one attached hydrogen (secondary N) is 2. The maximum Gasteiger partial charge on any atom is 0.341 e. The Morgan fingerprint density at radius 3 is 2.97 bits per heavy atom. The minimum Gasteiger partial charge on any atom is -0.465 e. The summed E-state index contributed by atoms with van der Waals surface area (Å²) in [5.41, 5.74) is 2.10. The number of rotatable bonds is 5. The number of benzene rings is 1. The Morgan fingerprint density at radius 2 is 2.17 bits per heavy atom. The van der Waals surface area contributed by atoms with Gasteiger partial charge in [0.1, 0.15) is 17.1 Å². The predicted octanol–water partition coefficient (Wildman–Crippen LogP) is 3.61. The van der Waals surface area contributed by atoms with Crippen LogP contribution >= 0.6 is 23.6 Å². The average molecular weight is 432 g/mol. The molecule has 0 radical (unpaired) electrons. The van der Waals surface area contributed by atoms with Crippen molar-refractivity contribution >= 4 is 45.6 Å². The minimum atomic E-state index is -0.373. The van der Waals surface area contributed by atoms with Gasteiger partial charge in [0.25, 0.3) is 0 Å². The molecule has 0 amide bonds. The molecule has 1 aliphatic rings. The van der Waals surface area contributed by atoms with Crippen molar-refractivity contribution in [3.05, 3.63) is 58.0 Å². The van der Waals surface area contributed by atoms with Gasteiger partial charge in [0.05, 0.1) is 19.2 Å². The van der Waals surface area contributed by atoms with Crippen molar-refractivity contribution in [1.29, 1.82) is 0 Å². The van der Waals surface area contributed by atoms with E-state index >= 15 is 0 Å². The van der Waals surface area contributed by atoms with E-state index in [9.17, 15) is 9.18 Å². The first-order chi connectivity index (χ1) is 14.0. The highest BCUT2D eigenvalue weighted by Crippen LogP contribution is 2.39. The lowest BCUT2D eigenvalue weighted by Gasteiger charge is -2.09. The number of halogens is 1. The van der Waals surface area contributed by atoms with Crippen LogP contribution in [0.15, 0.2) is 30.6 Å². The van der Waals surface area contributed by atoms with Gasteiger partial charge in [-0.15, -0.1) is 16.4 Å². The van der Waals surface area contributed by atoms with Crippen molar-refractivity contribution < 1.29 is 13.9 Å². The lowest BCUT2D eigenvalue weighted by Crippen LogP contribution is -2.21. The molecule has 0 atom stereocenters. The molecular formula is C19H18FN5O2S2. The van der Waals surface area contributed by atoms with Crippen molar-refractivity contribution in [1.82, 2.24) is 14.8 Å². The first-order valence-electron chi connectivity index (χ1n) is 8.99. The third-order valence-corrected chi connectivity index (χ3v) is 6.00. The zero-order chi connectivity index (χ0) is 20.4. The number of aryl methyl sites for hydroxylation is 1. The molecule has 7 nitrogen and oxygen atoms in total. The molecule has 0 fully saturated rings. The maximum atomic E-state index is 13.8. The molecule has 150 valence electrons. The van der Waals surface area contributed by atoms with Gasteiger partial charge in [0, 0.05) is 10.4 Å². The number of hydrogen-bond donors (Lipinski definition) is 2. The summed E-state index contributed by atoms with van der Waals surface area (Å²) < 4.78 is 20.2. The van der Waals surface area contributed by atoms with Crippen LogP contribution in [0.25, 0.3) is 0 Å². The Morgan fingerprint density at radius 1 is 1.34 bits per heavy atom. The molecule has 2 aromatic heterocycles. The number of carbonyl (C=O) groups excluding carboxylic acids is 1. The summed E-state index contributed by atoms with van der Waals surface area (Å²) in [4.78, 5) is 17.6. The van der Waals surface area contributed by atoms with Gasteiger partial charge in [-0.1, -0.05) is 18.2 Å². The third kappa shape index (κ3) is 4.13. The predicted molar refractivity (Wildman–Crippen MR) is 113 cm³/mol. The molecule has 2 N–H and O–H groups in total. The molecule has 1 aliphatic carbocycles. The highest BCUT2D eigenvalue weighted by atomic mass is 32.1. The van der Waals surface area contributed by atoms with Crippen molar-refractivity contribution in [3.63, 3.8) is 0 Å². The van der Waals surface area contributed by atoms with E-state index in [4.69, 9.17) is 17.0 Å². The zero-order valence-corrected chi connectivity index (χ0v) is 17.2. The van der Waals surface area contributed by atoms with Gasteiger partial charge in [-0.25, -0.2) is 18.9 Å². The van der Waals surface area contributed by atoms with Crippen LogP contribution in [0.4, 0.5) is 15.3 Å². The summed E-state index contributed by atoms with van der Waals surface area (Å²) in [5.74, 6) is -0.389. The number of nitrogens with zero attached hydrogens (tertiary/aromatic N) is 3. The summed E-state index contributed by atoms with van der Waals surface area (Å²) in [7, 11) is 1.37. The van der Waals surface area contributed by atoms with Crippen LogP contribution in [-0.4, -0.2) is 33.0 Å². The molecule has 10 heteroatoms. The maximum absolute atomic E-state index is 13.8. The number of ether oxygens (including phenoxy) is 1. The summed E-state index contributed by atoms with van der Waals surface area (Å²) in [6.45, 7) is 0.256. The second-order valence-corrected chi connectivity index (χ2v) is 8.00. The highest BCUT2D eigenvalue weighted by Gasteiger charge is 2.27. The van der Waals surface area contributed by atoms with E-state index in [1.54, 1.807) is 18.2 Å². The SMILES string of the molecule is COC(=O)c1c(NC(=S)Nc2ncn(Cc3ccccc3F)n2)sc2c1CCC2. The Hall–Kier alpha value is -2.85.